The number of aromatic nitrogens is 1. The van der Waals surface area contributed by atoms with Gasteiger partial charge in [-0.15, -0.1) is 0 Å². The molecule has 1 heterocycles. The fraction of sp³-hybridized carbons (Fsp3) is 0.217. The van der Waals surface area contributed by atoms with Gasteiger partial charge in [-0.2, -0.15) is 0 Å². The maximum absolute atomic E-state index is 10.8. The summed E-state index contributed by atoms with van der Waals surface area (Å²) >= 11 is 0. The highest BCUT2D eigenvalue weighted by atomic mass is 16.3. The first kappa shape index (κ1) is 16.7. The fourth-order valence-corrected chi connectivity index (χ4v) is 3.96. The Bertz CT molecular complexity index is 1110. The first-order chi connectivity index (χ1) is 12.6. The molecule has 0 fully saturated rings. The molecule has 0 bridgehead atoms. The summed E-state index contributed by atoms with van der Waals surface area (Å²) < 4.78 is 2.18. The van der Waals surface area contributed by atoms with E-state index in [9.17, 15) is 10.2 Å². The van der Waals surface area contributed by atoms with E-state index >= 15 is 0 Å². The molecule has 0 radical (unpaired) electrons. The van der Waals surface area contributed by atoms with Crippen LogP contribution in [0.3, 0.4) is 0 Å². The van der Waals surface area contributed by atoms with Crippen molar-refractivity contribution in [2.45, 2.75) is 19.8 Å². The number of aryl methyl sites for hydroxylation is 3. The highest BCUT2D eigenvalue weighted by molar-refractivity contribution is 6.03. The van der Waals surface area contributed by atoms with Crippen molar-refractivity contribution >= 4 is 21.7 Å². The van der Waals surface area contributed by atoms with E-state index in [0.717, 1.165) is 34.0 Å². The van der Waals surface area contributed by atoms with Crippen LogP contribution in [0.2, 0.25) is 0 Å². The minimum Gasteiger partial charge on any atom is -0.507 e. The van der Waals surface area contributed by atoms with E-state index < -0.39 is 0 Å². The Labute approximate surface area is 153 Å². The number of phenolic OH excluding ortho intramolecular Hbond substituents is 1. The Kier molecular flexibility index (Phi) is 4.17. The van der Waals surface area contributed by atoms with Gasteiger partial charge in [-0.25, -0.2) is 0 Å². The van der Waals surface area contributed by atoms with E-state index in [0.29, 0.717) is 6.42 Å². The van der Waals surface area contributed by atoms with Crippen molar-refractivity contribution in [1.29, 1.82) is 0 Å². The van der Waals surface area contributed by atoms with Gasteiger partial charge in [0.05, 0.1) is 5.69 Å². The van der Waals surface area contributed by atoms with E-state index in [1.54, 1.807) is 6.07 Å². The van der Waals surface area contributed by atoms with Crippen LogP contribution in [0.15, 0.2) is 54.6 Å². The summed E-state index contributed by atoms with van der Waals surface area (Å²) in [5.74, 6) is 0.288. The summed E-state index contributed by atoms with van der Waals surface area (Å²) in [5.41, 5.74) is 5.45. The third-order valence-electron chi connectivity index (χ3n) is 5.19. The lowest BCUT2D eigenvalue weighted by Gasteiger charge is -2.13. The van der Waals surface area contributed by atoms with Crippen molar-refractivity contribution in [1.82, 2.24) is 4.57 Å². The summed E-state index contributed by atoms with van der Waals surface area (Å²) in [4.78, 5) is 0. The summed E-state index contributed by atoms with van der Waals surface area (Å²) in [7, 11) is 2.06. The Balaban J connectivity index is 2.12. The predicted octanol–water partition coefficient (Wildman–Crippen LogP) is 4.94. The quantitative estimate of drug-likeness (QED) is 0.550. The van der Waals surface area contributed by atoms with Crippen molar-refractivity contribution < 1.29 is 10.2 Å². The number of nitrogens with zero attached hydrogens (tertiary/aromatic N) is 1. The molecule has 1 aromatic heterocycles. The molecule has 132 valence electrons. The van der Waals surface area contributed by atoms with Gasteiger partial charge in [-0.05, 0) is 53.8 Å². The van der Waals surface area contributed by atoms with Crippen LogP contribution < -0.4 is 0 Å². The molecule has 4 rings (SSSR count). The second-order valence-corrected chi connectivity index (χ2v) is 6.91. The number of fused-ring (bicyclic) bond motifs is 2. The highest BCUT2D eigenvalue weighted by Crippen LogP contribution is 2.42. The monoisotopic (exact) mass is 345 g/mol. The summed E-state index contributed by atoms with van der Waals surface area (Å²) in [6.45, 7) is 2.25. The van der Waals surface area contributed by atoms with E-state index in [-0.39, 0.29) is 12.4 Å². The van der Waals surface area contributed by atoms with Gasteiger partial charge in [0.25, 0.3) is 0 Å². The molecule has 3 aromatic carbocycles. The van der Waals surface area contributed by atoms with Gasteiger partial charge < -0.3 is 14.8 Å². The second-order valence-electron chi connectivity index (χ2n) is 6.91. The molecule has 0 aliphatic carbocycles. The molecule has 2 N–H and O–H groups in total. The SMILES string of the molecule is Cc1ccc2c(CCCO)c(-c3c(O)ccc4ccccc34)n(C)c2c1. The number of hydrogen-bond acceptors (Lipinski definition) is 2. The molecular formula is C23H23NO2. The maximum Gasteiger partial charge on any atom is 0.125 e. The lowest BCUT2D eigenvalue weighted by atomic mass is 9.96. The molecule has 0 amide bonds. The van der Waals surface area contributed by atoms with Crippen molar-refractivity contribution in [3.63, 3.8) is 0 Å². The molecule has 0 saturated carbocycles. The van der Waals surface area contributed by atoms with Crippen LogP contribution in [0.4, 0.5) is 0 Å². The zero-order chi connectivity index (χ0) is 18.3. The van der Waals surface area contributed by atoms with Crippen LogP contribution in [0, 0.1) is 6.92 Å². The minimum atomic E-state index is 0.156. The Morgan fingerprint density at radius 1 is 0.962 bits per heavy atom. The van der Waals surface area contributed by atoms with Crippen LogP contribution >= 0.6 is 0 Å². The molecule has 0 aliphatic rings. The lowest BCUT2D eigenvalue weighted by Crippen LogP contribution is -1.97. The smallest absolute Gasteiger partial charge is 0.125 e. The van der Waals surface area contributed by atoms with Gasteiger partial charge in [-0.3, -0.25) is 0 Å². The van der Waals surface area contributed by atoms with Crippen molar-refractivity contribution in [2.24, 2.45) is 7.05 Å². The number of aliphatic hydroxyl groups is 1. The molecule has 3 nitrogen and oxygen atoms in total. The number of phenols is 1. The van der Waals surface area contributed by atoms with Crippen molar-refractivity contribution in [2.75, 3.05) is 6.61 Å². The number of aromatic hydroxyl groups is 1. The van der Waals surface area contributed by atoms with Crippen molar-refractivity contribution in [3.05, 3.63) is 65.7 Å². The minimum absolute atomic E-state index is 0.156. The Morgan fingerprint density at radius 3 is 2.58 bits per heavy atom. The lowest BCUT2D eigenvalue weighted by molar-refractivity contribution is 0.289. The molecule has 0 unspecified atom stereocenters. The van der Waals surface area contributed by atoms with Crippen LogP contribution in [0.5, 0.6) is 5.75 Å². The average molecular weight is 345 g/mol. The third-order valence-corrected chi connectivity index (χ3v) is 5.19. The second kappa shape index (κ2) is 6.50. The third kappa shape index (κ3) is 2.56. The summed E-state index contributed by atoms with van der Waals surface area (Å²) in [5, 5.41) is 23.5. The number of benzene rings is 3. The van der Waals surface area contributed by atoms with Gasteiger partial charge in [0.2, 0.25) is 0 Å². The predicted molar refractivity (Wildman–Crippen MR) is 108 cm³/mol. The number of rotatable bonds is 4. The molecule has 0 saturated heterocycles. The first-order valence-corrected chi connectivity index (χ1v) is 9.01. The van der Waals surface area contributed by atoms with E-state index in [1.807, 2.05) is 18.2 Å². The number of aliphatic hydroxyl groups excluding tert-OH is 1. The average Bonchev–Trinajstić information content (AvgIpc) is 2.91. The molecule has 0 spiro atoms. The molecule has 26 heavy (non-hydrogen) atoms. The van der Waals surface area contributed by atoms with Crippen molar-refractivity contribution in [3.8, 4) is 17.0 Å². The summed E-state index contributed by atoms with van der Waals surface area (Å²) in [6, 6.07) is 18.3. The summed E-state index contributed by atoms with van der Waals surface area (Å²) in [6.07, 6.45) is 1.47. The van der Waals surface area contributed by atoms with Gasteiger partial charge in [0.1, 0.15) is 5.75 Å². The molecular weight excluding hydrogens is 322 g/mol. The van der Waals surface area contributed by atoms with Crippen LogP contribution in [0.25, 0.3) is 32.9 Å². The van der Waals surface area contributed by atoms with E-state index in [2.05, 4.69) is 48.9 Å². The van der Waals surface area contributed by atoms with Gasteiger partial charge in [-0.1, -0.05) is 42.5 Å². The zero-order valence-electron chi connectivity index (χ0n) is 15.2. The normalized spacial score (nSPS) is 11.5. The van der Waals surface area contributed by atoms with Crippen LogP contribution in [-0.2, 0) is 13.5 Å². The maximum atomic E-state index is 10.8. The van der Waals surface area contributed by atoms with Gasteiger partial charge in [0, 0.05) is 30.1 Å². The van der Waals surface area contributed by atoms with E-state index in [4.69, 9.17) is 0 Å². The molecule has 3 heteroatoms. The molecule has 0 atom stereocenters. The van der Waals surface area contributed by atoms with E-state index in [1.165, 1.54) is 16.5 Å². The van der Waals surface area contributed by atoms with Crippen LogP contribution in [0.1, 0.15) is 17.5 Å². The Hall–Kier alpha value is -2.78. The molecule has 4 aromatic rings. The molecule has 0 aliphatic heterocycles. The zero-order valence-corrected chi connectivity index (χ0v) is 15.2. The highest BCUT2D eigenvalue weighted by Gasteiger charge is 2.20. The van der Waals surface area contributed by atoms with Gasteiger partial charge in [0.15, 0.2) is 0 Å². The standard InChI is InChI=1S/C23H23NO2/c1-15-9-11-18-19(8-5-13-25)23(24(2)20(18)14-15)22-17-7-4-3-6-16(17)10-12-21(22)26/h3-4,6-7,9-12,14,25-26H,5,8,13H2,1-2H3. The van der Waals surface area contributed by atoms with Gasteiger partial charge >= 0.3 is 0 Å². The largest absolute Gasteiger partial charge is 0.507 e. The Morgan fingerprint density at radius 2 is 1.77 bits per heavy atom. The first-order valence-electron chi connectivity index (χ1n) is 9.01. The topological polar surface area (TPSA) is 45.4 Å². The number of hydrogen-bond donors (Lipinski definition) is 2. The fourth-order valence-electron chi connectivity index (χ4n) is 3.96. The van der Waals surface area contributed by atoms with Crippen LogP contribution in [-0.4, -0.2) is 21.4 Å².